The summed E-state index contributed by atoms with van der Waals surface area (Å²) in [6.07, 6.45) is 5.23. The zero-order valence-electron chi connectivity index (χ0n) is 13.6. The number of rotatable bonds is 3. The minimum absolute atomic E-state index is 0.532. The second-order valence-electron chi connectivity index (χ2n) is 4.71. The monoisotopic (exact) mass is 307 g/mol. The quantitative estimate of drug-likeness (QED) is 0.709. The van der Waals surface area contributed by atoms with Gasteiger partial charge in [-0.25, -0.2) is 9.97 Å². The molecule has 0 saturated carbocycles. The predicted octanol–water partition coefficient (Wildman–Crippen LogP) is 4.20. The number of hydrogen-bond donors (Lipinski definition) is 2. The van der Waals surface area contributed by atoms with Crippen molar-refractivity contribution >= 4 is 17.3 Å². The van der Waals surface area contributed by atoms with Gasteiger partial charge in [-0.15, -0.1) is 0 Å². The highest BCUT2D eigenvalue weighted by Crippen LogP contribution is 2.22. The van der Waals surface area contributed by atoms with Crippen molar-refractivity contribution < 1.29 is 0 Å². The van der Waals surface area contributed by atoms with Crippen LogP contribution in [0.4, 0.5) is 17.3 Å². The minimum atomic E-state index is 0.532. The molecule has 0 unspecified atom stereocenters. The molecule has 2 heterocycles. The smallest absolute Gasteiger partial charge is 0.227 e. The van der Waals surface area contributed by atoms with Gasteiger partial charge in [-0.2, -0.15) is 0 Å². The molecule has 1 aromatic carbocycles. The van der Waals surface area contributed by atoms with E-state index in [9.17, 15) is 0 Å². The fraction of sp³-hybridized carbons (Fsp3) is 0.167. The molecule has 0 amide bonds. The number of nitrogens with two attached hydrogens (primary N) is 1. The van der Waals surface area contributed by atoms with Crippen LogP contribution in [0.15, 0.2) is 55.0 Å². The van der Waals surface area contributed by atoms with Gasteiger partial charge in [-0.05, 0) is 42.8 Å². The topological polar surface area (TPSA) is 76.7 Å². The summed E-state index contributed by atoms with van der Waals surface area (Å²) >= 11 is 0. The molecule has 0 aliphatic heterocycles. The lowest BCUT2D eigenvalue weighted by Gasteiger charge is -2.09. The molecule has 0 aliphatic carbocycles. The van der Waals surface area contributed by atoms with E-state index in [1.165, 1.54) is 0 Å². The third-order valence-corrected chi connectivity index (χ3v) is 3.12. The number of anilines is 3. The molecule has 118 valence electrons. The lowest BCUT2D eigenvalue weighted by Crippen LogP contribution is -2.00. The number of nitrogens with zero attached hydrogens (tertiary/aromatic N) is 3. The van der Waals surface area contributed by atoms with E-state index in [4.69, 9.17) is 5.73 Å². The van der Waals surface area contributed by atoms with E-state index in [-0.39, 0.29) is 0 Å². The Kier molecular flexibility index (Phi) is 5.63. The molecule has 2 aromatic heterocycles. The second-order valence-corrected chi connectivity index (χ2v) is 4.71. The summed E-state index contributed by atoms with van der Waals surface area (Å²) in [5, 5.41) is 3.20. The molecule has 0 aliphatic rings. The summed E-state index contributed by atoms with van der Waals surface area (Å²) in [5.74, 6) is 0.532. The van der Waals surface area contributed by atoms with Gasteiger partial charge in [-0.1, -0.05) is 19.9 Å². The first kappa shape index (κ1) is 16.4. The fourth-order valence-corrected chi connectivity index (χ4v) is 1.99. The summed E-state index contributed by atoms with van der Waals surface area (Å²) in [6, 6.07) is 11.4. The molecule has 3 aromatic rings. The third-order valence-electron chi connectivity index (χ3n) is 3.12. The first-order chi connectivity index (χ1) is 11.2. The summed E-state index contributed by atoms with van der Waals surface area (Å²) in [7, 11) is 0. The zero-order valence-corrected chi connectivity index (χ0v) is 13.6. The Labute approximate surface area is 136 Å². The highest BCUT2D eigenvalue weighted by atomic mass is 15.1. The van der Waals surface area contributed by atoms with E-state index in [1.807, 2.05) is 57.2 Å². The fourth-order valence-electron chi connectivity index (χ4n) is 1.99. The van der Waals surface area contributed by atoms with Crippen molar-refractivity contribution in [2.45, 2.75) is 20.8 Å². The van der Waals surface area contributed by atoms with Crippen molar-refractivity contribution in [3.05, 3.63) is 60.6 Å². The van der Waals surface area contributed by atoms with Gasteiger partial charge in [-0.3, -0.25) is 4.98 Å². The number of aryl methyl sites for hydroxylation is 1. The van der Waals surface area contributed by atoms with Crippen LogP contribution in [-0.2, 0) is 0 Å². The van der Waals surface area contributed by atoms with E-state index in [0.29, 0.717) is 11.6 Å². The molecule has 5 nitrogen and oxygen atoms in total. The van der Waals surface area contributed by atoms with Crippen LogP contribution in [0.1, 0.15) is 19.4 Å². The first-order valence-electron chi connectivity index (χ1n) is 7.59. The van der Waals surface area contributed by atoms with Crippen LogP contribution in [0.2, 0.25) is 0 Å². The summed E-state index contributed by atoms with van der Waals surface area (Å²) in [6.45, 7) is 6.01. The van der Waals surface area contributed by atoms with Crippen LogP contribution in [0.25, 0.3) is 11.3 Å². The number of benzene rings is 1. The Morgan fingerprint density at radius 3 is 2.61 bits per heavy atom. The maximum atomic E-state index is 5.81. The number of pyridine rings is 1. The lowest BCUT2D eigenvalue weighted by atomic mass is 10.2. The lowest BCUT2D eigenvalue weighted by molar-refractivity contribution is 1.16. The maximum Gasteiger partial charge on any atom is 0.227 e. The van der Waals surface area contributed by atoms with E-state index in [2.05, 4.69) is 20.3 Å². The van der Waals surface area contributed by atoms with Gasteiger partial charge in [0.1, 0.15) is 0 Å². The van der Waals surface area contributed by atoms with Gasteiger partial charge in [0.2, 0.25) is 5.95 Å². The molecule has 0 saturated heterocycles. The van der Waals surface area contributed by atoms with E-state index in [1.54, 1.807) is 18.6 Å². The van der Waals surface area contributed by atoms with Crippen LogP contribution in [-0.4, -0.2) is 15.0 Å². The molecule has 3 N–H and O–H groups in total. The second kappa shape index (κ2) is 7.89. The van der Waals surface area contributed by atoms with Crippen LogP contribution < -0.4 is 11.1 Å². The molecular formula is C18H21N5. The number of hydrogen-bond acceptors (Lipinski definition) is 5. The standard InChI is InChI=1S/C16H15N5.C2H6/c1-11-4-5-13(17)9-15(11)21-16-19-8-6-14(20-16)12-3-2-7-18-10-12;1-2/h2-10H,17H2,1H3,(H,19,20,21);1-2H3. The molecule has 0 fully saturated rings. The summed E-state index contributed by atoms with van der Waals surface area (Å²) in [5.41, 5.74) is 10.3. The van der Waals surface area contributed by atoms with Crippen molar-refractivity contribution in [2.24, 2.45) is 0 Å². The molecule has 0 spiro atoms. The number of aromatic nitrogens is 3. The van der Waals surface area contributed by atoms with E-state index >= 15 is 0 Å². The predicted molar refractivity (Wildman–Crippen MR) is 95.5 cm³/mol. The average molecular weight is 307 g/mol. The van der Waals surface area contributed by atoms with E-state index in [0.717, 1.165) is 22.5 Å². The van der Waals surface area contributed by atoms with Gasteiger partial charge in [0.25, 0.3) is 0 Å². The average Bonchev–Trinajstić information content (AvgIpc) is 2.61. The van der Waals surface area contributed by atoms with Crippen molar-refractivity contribution in [1.82, 2.24) is 15.0 Å². The normalized spacial score (nSPS) is 9.70. The van der Waals surface area contributed by atoms with Crippen LogP contribution in [0, 0.1) is 6.92 Å². The molecule has 23 heavy (non-hydrogen) atoms. The van der Waals surface area contributed by atoms with Crippen molar-refractivity contribution in [1.29, 1.82) is 0 Å². The summed E-state index contributed by atoms with van der Waals surface area (Å²) < 4.78 is 0. The molecule has 3 rings (SSSR count). The molecule has 0 bridgehead atoms. The Bertz CT molecular complexity index is 756. The molecule has 0 radical (unpaired) electrons. The summed E-state index contributed by atoms with van der Waals surface area (Å²) in [4.78, 5) is 12.9. The Balaban J connectivity index is 0.000000924. The van der Waals surface area contributed by atoms with Crippen LogP contribution >= 0.6 is 0 Å². The number of nitrogen functional groups attached to an aromatic ring is 1. The molecular weight excluding hydrogens is 286 g/mol. The Hall–Kier alpha value is -2.95. The van der Waals surface area contributed by atoms with Crippen molar-refractivity contribution in [3.8, 4) is 11.3 Å². The van der Waals surface area contributed by atoms with Crippen LogP contribution in [0.3, 0.4) is 0 Å². The third kappa shape index (κ3) is 4.26. The highest BCUT2D eigenvalue weighted by Gasteiger charge is 2.04. The van der Waals surface area contributed by atoms with Gasteiger partial charge in [0.05, 0.1) is 5.69 Å². The van der Waals surface area contributed by atoms with Gasteiger partial charge in [0.15, 0.2) is 0 Å². The van der Waals surface area contributed by atoms with Crippen molar-refractivity contribution in [3.63, 3.8) is 0 Å². The first-order valence-corrected chi connectivity index (χ1v) is 7.59. The Morgan fingerprint density at radius 2 is 1.87 bits per heavy atom. The van der Waals surface area contributed by atoms with Gasteiger partial charge < -0.3 is 11.1 Å². The zero-order chi connectivity index (χ0) is 16.7. The number of nitrogens with one attached hydrogen (secondary N) is 1. The maximum absolute atomic E-state index is 5.81. The molecule has 0 atom stereocenters. The highest BCUT2D eigenvalue weighted by molar-refractivity contribution is 5.65. The minimum Gasteiger partial charge on any atom is -0.399 e. The van der Waals surface area contributed by atoms with Crippen LogP contribution in [0.5, 0.6) is 0 Å². The van der Waals surface area contributed by atoms with Gasteiger partial charge in [0, 0.05) is 35.5 Å². The Morgan fingerprint density at radius 1 is 1.04 bits per heavy atom. The van der Waals surface area contributed by atoms with Crippen molar-refractivity contribution in [2.75, 3.05) is 11.1 Å². The SMILES string of the molecule is CC.Cc1ccc(N)cc1Nc1nccc(-c2cccnc2)n1. The molecule has 5 heteroatoms. The van der Waals surface area contributed by atoms with E-state index < -0.39 is 0 Å². The largest absolute Gasteiger partial charge is 0.399 e. The van der Waals surface area contributed by atoms with Gasteiger partial charge >= 0.3 is 0 Å².